The van der Waals surface area contributed by atoms with Crippen molar-refractivity contribution >= 4 is 11.8 Å². The van der Waals surface area contributed by atoms with Crippen molar-refractivity contribution in [3.8, 4) is 0 Å². The summed E-state index contributed by atoms with van der Waals surface area (Å²) in [6.45, 7) is 4.15. The molecule has 0 saturated carbocycles. The molecule has 0 bridgehead atoms. The van der Waals surface area contributed by atoms with Gasteiger partial charge in [-0.3, -0.25) is 9.59 Å². The monoisotopic (exact) mass is 331 g/mol. The Morgan fingerprint density at radius 2 is 1.88 bits per heavy atom. The van der Waals surface area contributed by atoms with Gasteiger partial charge in [0.25, 0.3) is 0 Å². The lowest BCUT2D eigenvalue weighted by atomic mass is 9.94. The number of nitrogens with zero attached hydrogens (tertiary/aromatic N) is 2. The molecule has 2 rings (SSSR count). The SMILES string of the molecule is CCCCN(C)C(=O)C1CCN(C(=O)C(N)c2ccccc2)CC1. The minimum atomic E-state index is -0.620. The third kappa shape index (κ3) is 4.57. The molecule has 5 heteroatoms. The van der Waals surface area contributed by atoms with Gasteiger partial charge in [-0.1, -0.05) is 43.7 Å². The van der Waals surface area contributed by atoms with E-state index in [1.807, 2.05) is 42.3 Å². The summed E-state index contributed by atoms with van der Waals surface area (Å²) in [6.07, 6.45) is 3.57. The van der Waals surface area contributed by atoms with Crippen molar-refractivity contribution in [2.45, 2.75) is 38.6 Å². The molecular weight excluding hydrogens is 302 g/mol. The Balaban J connectivity index is 1.86. The molecule has 1 aromatic rings. The van der Waals surface area contributed by atoms with Crippen molar-refractivity contribution in [2.75, 3.05) is 26.7 Å². The predicted octanol–water partition coefficient (Wildman–Crippen LogP) is 2.18. The van der Waals surface area contributed by atoms with Crippen LogP contribution >= 0.6 is 0 Å². The topological polar surface area (TPSA) is 66.6 Å². The first kappa shape index (κ1) is 18.5. The first-order chi connectivity index (χ1) is 11.5. The Labute approximate surface area is 144 Å². The summed E-state index contributed by atoms with van der Waals surface area (Å²) in [7, 11) is 1.88. The van der Waals surface area contributed by atoms with Gasteiger partial charge in [-0.25, -0.2) is 0 Å². The number of nitrogens with two attached hydrogens (primary N) is 1. The number of benzene rings is 1. The van der Waals surface area contributed by atoms with Crippen LogP contribution in [0.5, 0.6) is 0 Å². The third-order valence-corrected chi connectivity index (χ3v) is 4.80. The van der Waals surface area contributed by atoms with Crippen LogP contribution in [0.4, 0.5) is 0 Å². The highest BCUT2D eigenvalue weighted by Gasteiger charge is 2.31. The number of carbonyl (C=O) groups excluding carboxylic acids is 2. The number of hydrogen-bond acceptors (Lipinski definition) is 3. The fraction of sp³-hybridized carbons (Fsp3) is 0.579. The Morgan fingerprint density at radius 1 is 1.25 bits per heavy atom. The molecule has 24 heavy (non-hydrogen) atoms. The molecule has 132 valence electrons. The van der Waals surface area contributed by atoms with E-state index in [9.17, 15) is 9.59 Å². The van der Waals surface area contributed by atoms with Gasteiger partial charge in [0.2, 0.25) is 11.8 Å². The van der Waals surface area contributed by atoms with Gasteiger partial charge in [0.15, 0.2) is 0 Å². The molecule has 0 aromatic heterocycles. The van der Waals surface area contributed by atoms with Crippen LogP contribution in [0.25, 0.3) is 0 Å². The lowest BCUT2D eigenvalue weighted by Crippen LogP contribution is -2.46. The van der Waals surface area contributed by atoms with E-state index in [1.165, 1.54) is 0 Å². The molecule has 0 spiro atoms. The van der Waals surface area contributed by atoms with Gasteiger partial charge in [0, 0.05) is 32.6 Å². The Bertz CT molecular complexity index is 539. The van der Waals surface area contributed by atoms with E-state index in [1.54, 1.807) is 4.90 Å². The van der Waals surface area contributed by atoms with Gasteiger partial charge in [-0.15, -0.1) is 0 Å². The molecule has 0 radical (unpaired) electrons. The van der Waals surface area contributed by atoms with Crippen LogP contribution in [0, 0.1) is 5.92 Å². The van der Waals surface area contributed by atoms with Crippen molar-refractivity contribution in [2.24, 2.45) is 11.7 Å². The van der Waals surface area contributed by atoms with Crippen molar-refractivity contribution < 1.29 is 9.59 Å². The minimum Gasteiger partial charge on any atom is -0.346 e. The van der Waals surface area contributed by atoms with E-state index in [2.05, 4.69) is 6.92 Å². The van der Waals surface area contributed by atoms with E-state index in [0.29, 0.717) is 13.1 Å². The number of carbonyl (C=O) groups is 2. The van der Waals surface area contributed by atoms with Crippen LogP contribution in [-0.4, -0.2) is 48.3 Å². The second-order valence-corrected chi connectivity index (χ2v) is 6.60. The van der Waals surface area contributed by atoms with E-state index in [4.69, 9.17) is 5.73 Å². The molecule has 1 heterocycles. The predicted molar refractivity (Wildman–Crippen MR) is 95.2 cm³/mol. The van der Waals surface area contributed by atoms with Crippen molar-refractivity contribution in [3.63, 3.8) is 0 Å². The summed E-state index contributed by atoms with van der Waals surface area (Å²) < 4.78 is 0. The second kappa shape index (κ2) is 8.83. The Kier molecular flexibility index (Phi) is 6.79. The van der Waals surface area contributed by atoms with Gasteiger partial charge in [0.05, 0.1) is 0 Å². The Morgan fingerprint density at radius 3 is 2.46 bits per heavy atom. The largest absolute Gasteiger partial charge is 0.346 e. The number of hydrogen-bond donors (Lipinski definition) is 1. The number of rotatable bonds is 6. The molecule has 1 aliphatic rings. The molecular formula is C19H29N3O2. The highest BCUT2D eigenvalue weighted by atomic mass is 16.2. The number of unbranched alkanes of at least 4 members (excludes halogenated alkanes) is 1. The maximum atomic E-state index is 12.6. The van der Waals surface area contributed by atoms with E-state index in [-0.39, 0.29) is 17.7 Å². The van der Waals surface area contributed by atoms with Gasteiger partial charge in [0.1, 0.15) is 6.04 Å². The summed E-state index contributed by atoms with van der Waals surface area (Å²) in [5, 5.41) is 0. The number of likely N-dealkylation sites (tertiary alicyclic amines) is 1. The summed E-state index contributed by atoms with van der Waals surface area (Å²) in [6, 6.07) is 8.82. The first-order valence-corrected chi connectivity index (χ1v) is 8.89. The molecule has 5 nitrogen and oxygen atoms in total. The van der Waals surface area contributed by atoms with Gasteiger partial charge in [-0.05, 0) is 24.8 Å². The van der Waals surface area contributed by atoms with Gasteiger partial charge < -0.3 is 15.5 Å². The molecule has 1 aromatic carbocycles. The standard InChI is InChI=1S/C19H29N3O2/c1-3-4-12-21(2)18(23)16-10-13-22(14-11-16)19(24)17(20)15-8-6-5-7-9-15/h5-9,16-17H,3-4,10-14,20H2,1-2H3. The zero-order chi connectivity index (χ0) is 17.5. The molecule has 1 aliphatic heterocycles. The quantitative estimate of drug-likeness (QED) is 0.869. The highest BCUT2D eigenvalue weighted by molar-refractivity contribution is 5.84. The molecule has 2 amide bonds. The fourth-order valence-corrected chi connectivity index (χ4v) is 3.16. The summed E-state index contributed by atoms with van der Waals surface area (Å²) in [4.78, 5) is 28.6. The maximum Gasteiger partial charge on any atom is 0.244 e. The normalized spacial score (nSPS) is 16.7. The highest BCUT2D eigenvalue weighted by Crippen LogP contribution is 2.22. The lowest BCUT2D eigenvalue weighted by Gasteiger charge is -2.34. The third-order valence-electron chi connectivity index (χ3n) is 4.80. The molecule has 1 fully saturated rings. The molecule has 2 N–H and O–H groups in total. The van der Waals surface area contributed by atoms with Crippen molar-refractivity contribution in [3.05, 3.63) is 35.9 Å². The fourth-order valence-electron chi connectivity index (χ4n) is 3.16. The van der Waals surface area contributed by atoms with Gasteiger partial charge in [-0.2, -0.15) is 0 Å². The molecule has 1 atom stereocenters. The second-order valence-electron chi connectivity index (χ2n) is 6.60. The first-order valence-electron chi connectivity index (χ1n) is 8.89. The number of amides is 2. The Hall–Kier alpha value is -1.88. The van der Waals surface area contributed by atoms with Crippen LogP contribution in [0.2, 0.25) is 0 Å². The van der Waals surface area contributed by atoms with Crippen molar-refractivity contribution in [1.82, 2.24) is 9.80 Å². The smallest absolute Gasteiger partial charge is 0.244 e. The molecule has 1 unspecified atom stereocenters. The summed E-state index contributed by atoms with van der Waals surface area (Å²) in [5.74, 6) is 0.193. The maximum absolute atomic E-state index is 12.6. The van der Waals surface area contributed by atoms with E-state index < -0.39 is 6.04 Å². The molecule has 0 aliphatic carbocycles. The number of piperidine rings is 1. The van der Waals surface area contributed by atoms with Crippen molar-refractivity contribution in [1.29, 1.82) is 0 Å². The van der Waals surface area contributed by atoms with E-state index >= 15 is 0 Å². The van der Waals surface area contributed by atoms with Crippen LogP contribution < -0.4 is 5.73 Å². The van der Waals surface area contributed by atoms with E-state index in [0.717, 1.165) is 37.8 Å². The zero-order valence-electron chi connectivity index (χ0n) is 14.8. The average Bonchev–Trinajstić information content (AvgIpc) is 2.65. The summed E-state index contributed by atoms with van der Waals surface area (Å²) >= 11 is 0. The average molecular weight is 331 g/mol. The van der Waals surface area contributed by atoms with Gasteiger partial charge >= 0.3 is 0 Å². The minimum absolute atomic E-state index is 0.0313. The van der Waals surface area contributed by atoms with Crippen LogP contribution in [0.3, 0.4) is 0 Å². The molecule has 1 saturated heterocycles. The zero-order valence-corrected chi connectivity index (χ0v) is 14.8. The van der Waals surface area contributed by atoms with Crippen LogP contribution in [-0.2, 0) is 9.59 Å². The summed E-state index contributed by atoms with van der Waals surface area (Å²) in [5.41, 5.74) is 6.93. The van der Waals surface area contributed by atoms with Crippen LogP contribution in [0.15, 0.2) is 30.3 Å². The lowest BCUT2D eigenvalue weighted by molar-refractivity contribution is -0.140. The van der Waals surface area contributed by atoms with Crippen LogP contribution in [0.1, 0.15) is 44.2 Å².